The first-order valence-corrected chi connectivity index (χ1v) is 5.64. The Kier molecular flexibility index (Phi) is 1.86. The lowest BCUT2D eigenvalue weighted by Gasteiger charge is -2.11. The molecule has 1 amide bonds. The smallest absolute Gasteiger partial charge is 0.245 e. The second-order valence-corrected chi connectivity index (χ2v) is 4.93. The predicted octanol–water partition coefficient (Wildman–Crippen LogP) is 1.07. The maximum atomic E-state index is 12.0. The first kappa shape index (κ1) is 9.78. The van der Waals surface area contributed by atoms with Crippen molar-refractivity contribution in [3.05, 3.63) is 24.0 Å². The van der Waals surface area contributed by atoms with Gasteiger partial charge in [0.05, 0.1) is 11.9 Å². The van der Waals surface area contributed by atoms with Crippen LogP contribution in [0.2, 0.25) is 0 Å². The minimum atomic E-state index is -0.594. The lowest BCUT2D eigenvalue weighted by molar-refractivity contribution is -0.118. The van der Waals surface area contributed by atoms with Gasteiger partial charge in [0.25, 0.3) is 0 Å². The van der Waals surface area contributed by atoms with Crippen LogP contribution in [-0.4, -0.2) is 16.4 Å². The molecule has 84 valence electrons. The summed E-state index contributed by atoms with van der Waals surface area (Å²) in [6, 6.07) is 1.90. The fourth-order valence-corrected chi connectivity index (χ4v) is 2.74. The molecule has 1 heterocycles. The van der Waals surface area contributed by atoms with E-state index in [1.165, 1.54) is 0 Å². The van der Waals surface area contributed by atoms with Crippen molar-refractivity contribution in [3.63, 3.8) is 0 Å². The molecular weight excluding hydrogens is 202 g/mol. The minimum Gasteiger partial charge on any atom is -0.323 e. The van der Waals surface area contributed by atoms with Crippen molar-refractivity contribution < 1.29 is 4.79 Å². The summed E-state index contributed by atoms with van der Waals surface area (Å²) in [6.07, 6.45) is 5.61. The molecule has 2 fully saturated rings. The molecule has 0 bridgehead atoms. The molecule has 1 unspecified atom stereocenters. The Hall–Kier alpha value is -1.42. The average Bonchev–Trinajstić information content (AvgIpc) is 2.58. The Morgan fingerprint density at radius 1 is 1.50 bits per heavy atom. The first-order valence-electron chi connectivity index (χ1n) is 5.64. The molecule has 2 aliphatic carbocycles. The summed E-state index contributed by atoms with van der Waals surface area (Å²) >= 11 is 0. The van der Waals surface area contributed by atoms with Gasteiger partial charge in [0.15, 0.2) is 0 Å². The Morgan fingerprint density at radius 2 is 2.19 bits per heavy atom. The Balaban J connectivity index is 1.74. The van der Waals surface area contributed by atoms with Crippen molar-refractivity contribution in [2.45, 2.75) is 25.3 Å². The summed E-state index contributed by atoms with van der Waals surface area (Å²) in [7, 11) is 0. The maximum absolute atomic E-state index is 12.0. The van der Waals surface area contributed by atoms with Crippen molar-refractivity contribution in [2.75, 3.05) is 5.32 Å². The van der Waals surface area contributed by atoms with Gasteiger partial charge in [0, 0.05) is 6.20 Å². The molecule has 0 aliphatic heterocycles. The third kappa shape index (κ3) is 1.19. The van der Waals surface area contributed by atoms with E-state index in [-0.39, 0.29) is 5.91 Å². The molecule has 3 N–H and O–H groups in total. The molecule has 0 saturated heterocycles. The van der Waals surface area contributed by atoms with Gasteiger partial charge in [-0.3, -0.25) is 9.78 Å². The van der Waals surface area contributed by atoms with Crippen molar-refractivity contribution in [1.29, 1.82) is 0 Å². The van der Waals surface area contributed by atoms with Crippen LogP contribution in [0.4, 0.5) is 5.69 Å². The molecule has 4 nitrogen and oxygen atoms in total. The number of carbonyl (C=O) groups is 1. The van der Waals surface area contributed by atoms with Gasteiger partial charge in [-0.2, -0.15) is 0 Å². The molecule has 0 radical (unpaired) electrons. The van der Waals surface area contributed by atoms with Crippen molar-refractivity contribution in [2.24, 2.45) is 17.6 Å². The van der Waals surface area contributed by atoms with E-state index in [1.807, 2.05) is 13.0 Å². The van der Waals surface area contributed by atoms with Crippen LogP contribution in [0.1, 0.15) is 18.4 Å². The summed E-state index contributed by atoms with van der Waals surface area (Å²) in [5.74, 6) is 0.794. The third-order valence-electron chi connectivity index (χ3n) is 3.92. The molecule has 16 heavy (non-hydrogen) atoms. The number of rotatable bonds is 2. The van der Waals surface area contributed by atoms with E-state index in [1.54, 1.807) is 12.4 Å². The lowest BCUT2D eigenvalue weighted by Crippen LogP contribution is -2.40. The number of nitrogens with zero attached hydrogens (tertiary/aromatic N) is 1. The number of nitrogens with two attached hydrogens (primary N) is 1. The minimum absolute atomic E-state index is 0.0487. The molecular formula is C12H15N3O. The number of anilines is 1. The van der Waals surface area contributed by atoms with E-state index in [2.05, 4.69) is 10.3 Å². The van der Waals surface area contributed by atoms with E-state index in [0.29, 0.717) is 11.8 Å². The quantitative estimate of drug-likeness (QED) is 0.778. The highest BCUT2D eigenvalue weighted by Gasteiger charge is 2.71. The number of aromatic nitrogens is 1. The zero-order valence-corrected chi connectivity index (χ0v) is 9.23. The number of amides is 1. The topological polar surface area (TPSA) is 68.0 Å². The van der Waals surface area contributed by atoms with Gasteiger partial charge in [-0.15, -0.1) is 0 Å². The second-order valence-electron chi connectivity index (χ2n) is 4.93. The van der Waals surface area contributed by atoms with Gasteiger partial charge in [-0.1, -0.05) is 0 Å². The number of aryl methyl sites for hydroxylation is 1. The maximum Gasteiger partial charge on any atom is 0.245 e. The first-order chi connectivity index (χ1) is 7.62. The highest BCUT2D eigenvalue weighted by Crippen LogP contribution is 2.62. The Labute approximate surface area is 94.2 Å². The number of hydrogen-bond acceptors (Lipinski definition) is 3. The summed E-state index contributed by atoms with van der Waals surface area (Å²) in [6.45, 7) is 1.95. The number of fused-ring (bicyclic) bond motifs is 1. The Bertz CT molecular complexity index is 447. The van der Waals surface area contributed by atoms with Gasteiger partial charge >= 0.3 is 0 Å². The van der Waals surface area contributed by atoms with E-state index in [4.69, 9.17) is 5.73 Å². The molecule has 2 saturated carbocycles. The van der Waals surface area contributed by atoms with Crippen LogP contribution in [0.15, 0.2) is 18.5 Å². The van der Waals surface area contributed by atoms with Crippen LogP contribution in [0.25, 0.3) is 0 Å². The van der Waals surface area contributed by atoms with E-state index in [0.717, 1.165) is 24.1 Å². The van der Waals surface area contributed by atoms with Crippen molar-refractivity contribution >= 4 is 11.6 Å². The fourth-order valence-electron chi connectivity index (χ4n) is 2.74. The number of hydrogen-bond donors (Lipinski definition) is 2. The van der Waals surface area contributed by atoms with Gasteiger partial charge < -0.3 is 11.1 Å². The number of pyridine rings is 1. The largest absolute Gasteiger partial charge is 0.323 e. The summed E-state index contributed by atoms with van der Waals surface area (Å²) in [5.41, 5.74) is 7.27. The van der Waals surface area contributed by atoms with Crippen LogP contribution in [0, 0.1) is 18.8 Å². The number of carbonyl (C=O) groups excluding carboxylic acids is 1. The molecule has 2 aliphatic rings. The second kappa shape index (κ2) is 3.04. The molecule has 1 aromatic heterocycles. The van der Waals surface area contributed by atoms with Crippen LogP contribution in [0.3, 0.4) is 0 Å². The molecule has 3 rings (SSSR count). The van der Waals surface area contributed by atoms with E-state index in [9.17, 15) is 4.79 Å². The zero-order chi connectivity index (χ0) is 11.3. The molecule has 3 atom stereocenters. The molecule has 4 heteroatoms. The Morgan fingerprint density at radius 3 is 2.75 bits per heavy atom. The molecule has 1 aromatic rings. The van der Waals surface area contributed by atoms with Crippen LogP contribution in [-0.2, 0) is 4.79 Å². The standard InChI is InChI=1S/C12H15N3O/c1-7-4-8(6-14-5-7)15-11(16)12(13)9-2-3-10(9)12/h4-6,9-10H,2-3,13H2,1H3,(H,15,16)/t9-,10+,12?. The van der Waals surface area contributed by atoms with Crippen LogP contribution >= 0.6 is 0 Å². The number of nitrogens with one attached hydrogen (secondary N) is 1. The van der Waals surface area contributed by atoms with Crippen LogP contribution < -0.4 is 11.1 Å². The van der Waals surface area contributed by atoms with Gasteiger partial charge in [-0.05, 0) is 43.2 Å². The average molecular weight is 217 g/mol. The van der Waals surface area contributed by atoms with Gasteiger partial charge in [0.1, 0.15) is 5.54 Å². The van der Waals surface area contributed by atoms with Gasteiger partial charge in [0.2, 0.25) is 5.91 Å². The fraction of sp³-hybridized carbons (Fsp3) is 0.500. The SMILES string of the molecule is Cc1cncc(NC(=O)C2(N)[C@@H]3CC[C@@H]32)c1. The summed E-state index contributed by atoms with van der Waals surface area (Å²) < 4.78 is 0. The van der Waals surface area contributed by atoms with E-state index >= 15 is 0 Å². The highest BCUT2D eigenvalue weighted by molar-refractivity contribution is 6.01. The summed E-state index contributed by atoms with van der Waals surface area (Å²) in [5, 5.41) is 2.86. The summed E-state index contributed by atoms with van der Waals surface area (Å²) in [4.78, 5) is 16.0. The van der Waals surface area contributed by atoms with Crippen LogP contribution in [0.5, 0.6) is 0 Å². The monoisotopic (exact) mass is 217 g/mol. The highest BCUT2D eigenvalue weighted by atomic mass is 16.2. The lowest BCUT2D eigenvalue weighted by atomic mass is 10.0. The zero-order valence-electron chi connectivity index (χ0n) is 9.23. The van der Waals surface area contributed by atoms with Crippen molar-refractivity contribution in [3.8, 4) is 0 Å². The van der Waals surface area contributed by atoms with Gasteiger partial charge in [-0.25, -0.2) is 0 Å². The predicted molar refractivity (Wildman–Crippen MR) is 60.7 cm³/mol. The third-order valence-corrected chi connectivity index (χ3v) is 3.92. The normalized spacial score (nSPS) is 34.9. The molecule has 0 spiro atoms. The molecule has 0 aromatic carbocycles. The van der Waals surface area contributed by atoms with E-state index < -0.39 is 5.54 Å². The van der Waals surface area contributed by atoms with Crippen molar-refractivity contribution in [1.82, 2.24) is 4.98 Å².